The van der Waals surface area contributed by atoms with Crippen LogP contribution in [0.5, 0.6) is 0 Å². The zero-order valence-corrected chi connectivity index (χ0v) is 15.4. The van der Waals surface area contributed by atoms with Crippen LogP contribution in [0, 0.1) is 6.92 Å². The maximum absolute atomic E-state index is 12.2. The fourth-order valence-electron chi connectivity index (χ4n) is 3.22. The van der Waals surface area contributed by atoms with Crippen LogP contribution in [0.3, 0.4) is 0 Å². The summed E-state index contributed by atoms with van der Waals surface area (Å²) in [6.45, 7) is 3.51. The zero-order chi connectivity index (χ0) is 18.2. The lowest BCUT2D eigenvalue weighted by molar-refractivity contribution is 0.0949. The van der Waals surface area contributed by atoms with E-state index in [2.05, 4.69) is 52.9 Å². The molecule has 1 heterocycles. The normalized spacial score (nSPS) is 13.8. The van der Waals surface area contributed by atoms with Crippen LogP contribution in [0.25, 0.3) is 0 Å². The van der Waals surface area contributed by atoms with Gasteiger partial charge in [-0.3, -0.25) is 4.79 Å². The molecule has 0 atom stereocenters. The first kappa shape index (κ1) is 18.2. The van der Waals surface area contributed by atoms with Crippen molar-refractivity contribution in [3.05, 3.63) is 71.1 Å². The number of pyridine rings is 1. The predicted molar refractivity (Wildman–Crippen MR) is 106 cm³/mol. The summed E-state index contributed by atoms with van der Waals surface area (Å²) in [7, 11) is 0. The number of hydrogen-bond acceptors (Lipinski definition) is 3. The van der Waals surface area contributed by atoms with Crippen molar-refractivity contribution in [1.29, 1.82) is 0 Å². The summed E-state index contributed by atoms with van der Waals surface area (Å²) in [6, 6.07) is 12.1. The number of carbonyl (C=O) groups excluding carboxylic acids is 1. The molecule has 0 fully saturated rings. The highest BCUT2D eigenvalue weighted by atomic mass is 16.1. The number of allylic oxidation sites excluding steroid dienone is 1. The number of anilines is 1. The van der Waals surface area contributed by atoms with E-state index in [4.69, 9.17) is 0 Å². The van der Waals surface area contributed by atoms with Crippen molar-refractivity contribution >= 4 is 11.6 Å². The Balaban J connectivity index is 1.45. The zero-order valence-electron chi connectivity index (χ0n) is 15.4. The van der Waals surface area contributed by atoms with Crippen molar-refractivity contribution in [1.82, 2.24) is 10.3 Å². The van der Waals surface area contributed by atoms with E-state index in [1.165, 1.54) is 42.4 Å². The van der Waals surface area contributed by atoms with E-state index < -0.39 is 0 Å². The van der Waals surface area contributed by atoms with Gasteiger partial charge in [0.25, 0.3) is 5.91 Å². The summed E-state index contributed by atoms with van der Waals surface area (Å²) >= 11 is 0. The quantitative estimate of drug-likeness (QED) is 0.717. The van der Waals surface area contributed by atoms with Crippen LogP contribution in [-0.2, 0) is 6.54 Å². The molecule has 1 aliphatic rings. The van der Waals surface area contributed by atoms with Crippen molar-refractivity contribution < 1.29 is 4.79 Å². The summed E-state index contributed by atoms with van der Waals surface area (Å²) < 4.78 is 0. The van der Waals surface area contributed by atoms with Gasteiger partial charge < -0.3 is 10.6 Å². The maximum Gasteiger partial charge on any atom is 0.269 e. The number of aromatic nitrogens is 1. The average molecular weight is 349 g/mol. The minimum atomic E-state index is -0.105. The third-order valence-corrected chi connectivity index (χ3v) is 4.69. The van der Waals surface area contributed by atoms with Gasteiger partial charge in [0, 0.05) is 13.1 Å². The van der Waals surface area contributed by atoms with Gasteiger partial charge in [-0.1, -0.05) is 41.5 Å². The fourth-order valence-corrected chi connectivity index (χ4v) is 3.22. The molecule has 0 aliphatic heterocycles. The first-order valence-corrected chi connectivity index (χ1v) is 9.42. The van der Waals surface area contributed by atoms with E-state index in [0.29, 0.717) is 12.2 Å². The van der Waals surface area contributed by atoms with Crippen molar-refractivity contribution in [2.24, 2.45) is 0 Å². The van der Waals surface area contributed by atoms with Gasteiger partial charge in [-0.2, -0.15) is 0 Å². The molecule has 1 amide bonds. The van der Waals surface area contributed by atoms with E-state index in [-0.39, 0.29) is 5.91 Å². The number of aryl methyl sites for hydroxylation is 1. The Bertz CT molecular complexity index is 765. The smallest absolute Gasteiger partial charge is 0.269 e. The summed E-state index contributed by atoms with van der Waals surface area (Å²) in [5.74, 6) is -0.105. The third-order valence-electron chi connectivity index (χ3n) is 4.69. The summed E-state index contributed by atoms with van der Waals surface area (Å²) in [6.07, 6.45) is 9.92. The molecule has 4 heteroatoms. The first-order chi connectivity index (χ1) is 12.7. The monoisotopic (exact) mass is 349 g/mol. The molecule has 1 aliphatic carbocycles. The average Bonchev–Trinajstić information content (AvgIpc) is 2.68. The van der Waals surface area contributed by atoms with Crippen molar-refractivity contribution in [2.45, 2.75) is 45.6 Å². The molecular formula is C22H27N3O. The molecular weight excluding hydrogens is 322 g/mol. The Morgan fingerprint density at radius 3 is 2.85 bits per heavy atom. The second kappa shape index (κ2) is 9.18. The molecule has 0 saturated carbocycles. The number of carbonyl (C=O) groups is 1. The van der Waals surface area contributed by atoms with Gasteiger partial charge in [-0.05, 0) is 56.7 Å². The Morgan fingerprint density at radius 2 is 2.12 bits per heavy atom. The van der Waals surface area contributed by atoms with E-state index in [0.717, 1.165) is 18.7 Å². The lowest BCUT2D eigenvalue weighted by Gasteiger charge is -2.13. The number of nitrogens with zero attached hydrogens (tertiary/aromatic N) is 1. The molecule has 2 aromatic rings. The van der Waals surface area contributed by atoms with E-state index in [9.17, 15) is 4.79 Å². The highest BCUT2D eigenvalue weighted by Crippen LogP contribution is 2.19. The highest BCUT2D eigenvalue weighted by Gasteiger charge is 2.08. The van der Waals surface area contributed by atoms with E-state index in [1.807, 2.05) is 6.07 Å². The predicted octanol–water partition coefficient (Wildman–Crippen LogP) is 4.62. The van der Waals surface area contributed by atoms with Gasteiger partial charge >= 0.3 is 0 Å². The van der Waals surface area contributed by atoms with Gasteiger partial charge in [0.15, 0.2) is 0 Å². The summed E-state index contributed by atoms with van der Waals surface area (Å²) in [4.78, 5) is 16.5. The van der Waals surface area contributed by atoms with Crippen molar-refractivity contribution in [3.8, 4) is 0 Å². The molecule has 3 rings (SSSR count). The Hall–Kier alpha value is -2.62. The number of rotatable bonds is 7. The summed E-state index contributed by atoms with van der Waals surface area (Å²) in [5, 5.41) is 6.31. The van der Waals surface area contributed by atoms with Crippen LogP contribution in [0.15, 0.2) is 54.2 Å². The molecule has 1 aromatic carbocycles. The van der Waals surface area contributed by atoms with Crippen LogP contribution in [0.2, 0.25) is 0 Å². The minimum absolute atomic E-state index is 0.105. The Labute approximate surface area is 155 Å². The maximum atomic E-state index is 12.2. The Morgan fingerprint density at radius 1 is 1.19 bits per heavy atom. The van der Waals surface area contributed by atoms with Crippen LogP contribution in [0.4, 0.5) is 5.69 Å². The van der Waals surface area contributed by atoms with Crippen LogP contribution < -0.4 is 10.6 Å². The van der Waals surface area contributed by atoms with Crippen molar-refractivity contribution in [2.75, 3.05) is 11.9 Å². The molecule has 26 heavy (non-hydrogen) atoms. The highest BCUT2D eigenvalue weighted by molar-refractivity contribution is 5.92. The SMILES string of the molecule is Cc1cccc(CNc2ccc(C(=O)NCCC3=CCCCC3)nc2)c1. The summed E-state index contributed by atoms with van der Waals surface area (Å²) in [5.41, 5.74) is 5.32. The minimum Gasteiger partial charge on any atom is -0.380 e. The molecule has 4 nitrogen and oxygen atoms in total. The number of hydrogen-bond donors (Lipinski definition) is 2. The molecule has 0 bridgehead atoms. The number of benzene rings is 1. The number of nitrogens with one attached hydrogen (secondary N) is 2. The molecule has 0 unspecified atom stereocenters. The molecule has 0 radical (unpaired) electrons. The van der Waals surface area contributed by atoms with Gasteiger partial charge in [0.2, 0.25) is 0 Å². The molecule has 0 spiro atoms. The molecule has 2 N–H and O–H groups in total. The molecule has 136 valence electrons. The third kappa shape index (κ3) is 5.45. The van der Waals surface area contributed by atoms with Gasteiger partial charge in [0.1, 0.15) is 5.69 Å². The largest absolute Gasteiger partial charge is 0.380 e. The molecule has 1 aromatic heterocycles. The lowest BCUT2D eigenvalue weighted by atomic mass is 9.97. The van der Waals surface area contributed by atoms with Crippen molar-refractivity contribution in [3.63, 3.8) is 0 Å². The second-order valence-corrected chi connectivity index (χ2v) is 6.89. The number of amides is 1. The van der Waals surface area contributed by atoms with Gasteiger partial charge in [0.05, 0.1) is 11.9 Å². The van der Waals surface area contributed by atoms with E-state index in [1.54, 1.807) is 12.3 Å². The van der Waals surface area contributed by atoms with Crippen LogP contribution >= 0.6 is 0 Å². The van der Waals surface area contributed by atoms with Crippen LogP contribution in [0.1, 0.15) is 53.7 Å². The standard InChI is InChI=1S/C22H27N3O/c1-17-6-5-9-19(14-17)15-24-20-10-11-21(25-16-20)22(26)23-13-12-18-7-3-2-4-8-18/h5-7,9-11,14,16,24H,2-4,8,12-13,15H2,1H3,(H,23,26). The van der Waals surface area contributed by atoms with Crippen LogP contribution in [-0.4, -0.2) is 17.4 Å². The van der Waals surface area contributed by atoms with Gasteiger partial charge in [-0.25, -0.2) is 4.98 Å². The Kier molecular flexibility index (Phi) is 6.42. The molecule has 0 saturated heterocycles. The topological polar surface area (TPSA) is 54.0 Å². The van der Waals surface area contributed by atoms with Gasteiger partial charge in [-0.15, -0.1) is 0 Å². The van der Waals surface area contributed by atoms with E-state index >= 15 is 0 Å². The second-order valence-electron chi connectivity index (χ2n) is 6.89. The lowest BCUT2D eigenvalue weighted by Crippen LogP contribution is -2.25. The first-order valence-electron chi connectivity index (χ1n) is 9.42. The fraction of sp³-hybridized carbons (Fsp3) is 0.364.